The van der Waals surface area contributed by atoms with Crippen LogP contribution >= 0.6 is 27.5 Å². The number of halogens is 3. The van der Waals surface area contributed by atoms with Crippen LogP contribution in [0.2, 0.25) is 5.02 Å². The molecular weight excluding hydrogens is 280 g/mol. The molecule has 2 rings (SSSR count). The second-order valence-corrected chi connectivity index (χ2v) is 5.29. The van der Waals surface area contributed by atoms with Gasteiger partial charge >= 0.3 is 0 Å². The van der Waals surface area contributed by atoms with Gasteiger partial charge in [0, 0.05) is 22.0 Å². The summed E-state index contributed by atoms with van der Waals surface area (Å²) >= 11 is 9.45. The fraction of sp³-hybridized carbons (Fsp3) is 0.455. The Morgan fingerprint density at radius 2 is 2.13 bits per heavy atom. The van der Waals surface area contributed by atoms with E-state index in [-0.39, 0.29) is 11.2 Å². The average Bonchev–Trinajstić information content (AvgIpc) is 2.16. The third-order valence-electron chi connectivity index (χ3n) is 3.28. The van der Waals surface area contributed by atoms with E-state index in [0.29, 0.717) is 17.1 Å². The molecule has 1 aliphatic rings. The van der Waals surface area contributed by atoms with Gasteiger partial charge in [-0.05, 0) is 40.9 Å². The maximum atomic E-state index is 13.8. The van der Waals surface area contributed by atoms with E-state index in [2.05, 4.69) is 15.9 Å². The number of hydrogen-bond donors (Lipinski definition) is 1. The lowest BCUT2D eigenvalue weighted by Crippen LogP contribution is -2.42. The lowest BCUT2D eigenvalue weighted by atomic mass is 9.64. The van der Waals surface area contributed by atoms with Crippen molar-refractivity contribution in [3.05, 3.63) is 33.0 Å². The zero-order valence-corrected chi connectivity index (χ0v) is 10.5. The first-order valence-electron chi connectivity index (χ1n) is 4.95. The van der Waals surface area contributed by atoms with Gasteiger partial charge in [0.15, 0.2) is 0 Å². The molecule has 0 radical (unpaired) electrons. The van der Waals surface area contributed by atoms with Crippen LogP contribution in [-0.2, 0) is 5.41 Å². The number of rotatable bonds is 2. The van der Waals surface area contributed by atoms with Gasteiger partial charge in [0.05, 0.1) is 5.02 Å². The molecule has 0 amide bonds. The highest BCUT2D eigenvalue weighted by Crippen LogP contribution is 2.47. The van der Waals surface area contributed by atoms with Crippen molar-refractivity contribution >= 4 is 27.5 Å². The van der Waals surface area contributed by atoms with Crippen LogP contribution in [0.5, 0.6) is 0 Å². The molecule has 82 valence electrons. The summed E-state index contributed by atoms with van der Waals surface area (Å²) in [6.45, 7) is 0.458. The normalized spacial score (nSPS) is 18.7. The fourth-order valence-electron chi connectivity index (χ4n) is 2.17. The van der Waals surface area contributed by atoms with Gasteiger partial charge < -0.3 is 5.73 Å². The van der Waals surface area contributed by atoms with E-state index in [9.17, 15) is 4.39 Å². The van der Waals surface area contributed by atoms with Crippen LogP contribution in [-0.4, -0.2) is 6.54 Å². The summed E-state index contributed by atoms with van der Waals surface area (Å²) in [7, 11) is 0. The van der Waals surface area contributed by atoms with Crippen LogP contribution in [0.3, 0.4) is 0 Å². The van der Waals surface area contributed by atoms with E-state index < -0.39 is 0 Å². The van der Waals surface area contributed by atoms with Crippen LogP contribution in [0, 0.1) is 5.82 Å². The Balaban J connectivity index is 2.55. The van der Waals surface area contributed by atoms with E-state index in [1.807, 2.05) is 0 Å². The fourth-order valence-corrected chi connectivity index (χ4v) is 2.86. The van der Waals surface area contributed by atoms with Gasteiger partial charge in [-0.15, -0.1) is 0 Å². The number of benzene rings is 1. The summed E-state index contributed by atoms with van der Waals surface area (Å²) < 4.78 is 14.5. The molecule has 0 atom stereocenters. The van der Waals surface area contributed by atoms with Crippen molar-refractivity contribution in [2.24, 2.45) is 5.73 Å². The molecule has 1 nitrogen and oxygen atoms in total. The van der Waals surface area contributed by atoms with E-state index in [1.54, 1.807) is 6.07 Å². The van der Waals surface area contributed by atoms with Gasteiger partial charge in [-0.1, -0.05) is 18.0 Å². The van der Waals surface area contributed by atoms with Crippen LogP contribution in [0.25, 0.3) is 0 Å². The molecule has 0 heterocycles. The highest BCUT2D eigenvalue weighted by atomic mass is 79.9. The van der Waals surface area contributed by atoms with E-state index in [0.717, 1.165) is 23.7 Å². The predicted molar refractivity (Wildman–Crippen MR) is 63.7 cm³/mol. The van der Waals surface area contributed by atoms with Crippen molar-refractivity contribution in [2.75, 3.05) is 6.54 Å². The van der Waals surface area contributed by atoms with Crippen LogP contribution < -0.4 is 5.73 Å². The molecule has 0 aliphatic heterocycles. The summed E-state index contributed by atoms with van der Waals surface area (Å²) in [6, 6.07) is 3.07. The largest absolute Gasteiger partial charge is 0.330 e. The molecule has 0 unspecified atom stereocenters. The lowest BCUT2D eigenvalue weighted by Gasteiger charge is -2.42. The van der Waals surface area contributed by atoms with Gasteiger partial charge in [0.25, 0.3) is 0 Å². The third-order valence-corrected chi connectivity index (χ3v) is 4.56. The van der Waals surface area contributed by atoms with Gasteiger partial charge in [0.2, 0.25) is 0 Å². The SMILES string of the molecule is NCC1(c2c(F)ccc(Br)c2Cl)CCC1. The first-order chi connectivity index (χ1) is 7.10. The van der Waals surface area contributed by atoms with Crippen LogP contribution in [0.15, 0.2) is 16.6 Å². The average molecular weight is 293 g/mol. The van der Waals surface area contributed by atoms with Crippen molar-refractivity contribution in [3.8, 4) is 0 Å². The summed E-state index contributed by atoms with van der Waals surface area (Å²) in [6.07, 6.45) is 2.95. The van der Waals surface area contributed by atoms with Crippen molar-refractivity contribution in [1.29, 1.82) is 0 Å². The zero-order valence-electron chi connectivity index (χ0n) is 8.19. The summed E-state index contributed by atoms with van der Waals surface area (Å²) in [5.41, 5.74) is 6.11. The summed E-state index contributed by atoms with van der Waals surface area (Å²) in [5.74, 6) is -0.242. The van der Waals surface area contributed by atoms with E-state index in [1.165, 1.54) is 6.07 Å². The molecule has 4 heteroatoms. The molecule has 15 heavy (non-hydrogen) atoms. The summed E-state index contributed by atoms with van der Waals surface area (Å²) in [4.78, 5) is 0. The molecule has 0 bridgehead atoms. The van der Waals surface area contributed by atoms with Crippen molar-refractivity contribution in [2.45, 2.75) is 24.7 Å². The summed E-state index contributed by atoms with van der Waals surface area (Å²) in [5, 5.41) is 0.472. The smallest absolute Gasteiger partial charge is 0.128 e. The Morgan fingerprint density at radius 1 is 1.47 bits per heavy atom. The van der Waals surface area contributed by atoms with Gasteiger partial charge in [-0.3, -0.25) is 0 Å². The molecule has 0 saturated heterocycles. The molecule has 1 fully saturated rings. The molecule has 1 aromatic carbocycles. The second kappa shape index (κ2) is 4.04. The monoisotopic (exact) mass is 291 g/mol. The Bertz CT molecular complexity index is 385. The highest BCUT2D eigenvalue weighted by molar-refractivity contribution is 9.10. The first-order valence-corrected chi connectivity index (χ1v) is 6.12. The van der Waals surface area contributed by atoms with Crippen molar-refractivity contribution in [3.63, 3.8) is 0 Å². The quantitative estimate of drug-likeness (QED) is 0.828. The van der Waals surface area contributed by atoms with Crippen LogP contribution in [0.1, 0.15) is 24.8 Å². The standard InChI is InChI=1S/C11H12BrClFN/c12-7-2-3-8(14)9(10(7)13)11(6-15)4-1-5-11/h2-3H,1,4-6,15H2. The lowest BCUT2D eigenvalue weighted by molar-refractivity contribution is 0.245. The molecular formula is C11H12BrClFN. The third kappa shape index (κ3) is 1.71. The Morgan fingerprint density at radius 3 is 2.60 bits per heavy atom. The molecule has 2 N–H and O–H groups in total. The zero-order chi connectivity index (χ0) is 11.1. The second-order valence-electron chi connectivity index (χ2n) is 4.06. The Kier molecular flexibility index (Phi) is 3.06. The minimum atomic E-state index is -0.242. The van der Waals surface area contributed by atoms with E-state index >= 15 is 0 Å². The topological polar surface area (TPSA) is 26.0 Å². The Hall–Kier alpha value is -0.120. The van der Waals surface area contributed by atoms with Gasteiger partial charge in [-0.25, -0.2) is 4.39 Å². The van der Waals surface area contributed by atoms with Crippen molar-refractivity contribution < 1.29 is 4.39 Å². The predicted octanol–water partition coefficient (Wildman–Crippen LogP) is 3.62. The van der Waals surface area contributed by atoms with E-state index in [4.69, 9.17) is 17.3 Å². The molecule has 0 aromatic heterocycles. The minimum Gasteiger partial charge on any atom is -0.330 e. The van der Waals surface area contributed by atoms with Gasteiger partial charge in [0.1, 0.15) is 5.82 Å². The minimum absolute atomic E-state index is 0.231. The van der Waals surface area contributed by atoms with Crippen molar-refractivity contribution in [1.82, 2.24) is 0 Å². The number of nitrogens with two attached hydrogens (primary N) is 1. The Labute approximate surface area is 102 Å². The molecule has 1 aromatic rings. The molecule has 1 aliphatic carbocycles. The highest BCUT2D eigenvalue weighted by Gasteiger charge is 2.41. The molecule has 0 spiro atoms. The van der Waals surface area contributed by atoms with Gasteiger partial charge in [-0.2, -0.15) is 0 Å². The maximum absolute atomic E-state index is 13.8. The molecule has 1 saturated carbocycles. The number of hydrogen-bond acceptors (Lipinski definition) is 1. The maximum Gasteiger partial charge on any atom is 0.128 e. The first kappa shape index (κ1) is 11.4. The van der Waals surface area contributed by atoms with Crippen LogP contribution in [0.4, 0.5) is 4.39 Å².